The van der Waals surface area contributed by atoms with Crippen molar-refractivity contribution in [2.45, 2.75) is 39.2 Å². The lowest BCUT2D eigenvalue weighted by Gasteiger charge is -2.15. The predicted octanol–water partition coefficient (Wildman–Crippen LogP) is 3.81. The number of rotatable bonds is 4. The van der Waals surface area contributed by atoms with Gasteiger partial charge in [-0.1, -0.05) is 24.2 Å². The third kappa shape index (κ3) is 3.53. The molecule has 0 bridgehead atoms. The van der Waals surface area contributed by atoms with Gasteiger partial charge in [0.15, 0.2) is 0 Å². The van der Waals surface area contributed by atoms with Gasteiger partial charge in [-0.25, -0.2) is 4.79 Å². The van der Waals surface area contributed by atoms with Gasteiger partial charge < -0.3 is 15.2 Å². The van der Waals surface area contributed by atoms with Gasteiger partial charge in [-0.2, -0.15) is 4.98 Å². The van der Waals surface area contributed by atoms with Crippen LogP contribution in [0.5, 0.6) is 0 Å². The summed E-state index contributed by atoms with van der Waals surface area (Å²) in [5.41, 5.74) is 4.97. The van der Waals surface area contributed by atoms with E-state index in [-0.39, 0.29) is 12.1 Å². The molecule has 2 amide bonds. The first kappa shape index (κ1) is 17.2. The van der Waals surface area contributed by atoms with Gasteiger partial charge in [-0.05, 0) is 48.6 Å². The number of aromatic nitrogens is 3. The van der Waals surface area contributed by atoms with Gasteiger partial charge in [0, 0.05) is 18.2 Å². The van der Waals surface area contributed by atoms with Gasteiger partial charge in [0.05, 0.1) is 17.9 Å². The molecule has 0 spiro atoms. The van der Waals surface area contributed by atoms with E-state index < -0.39 is 0 Å². The smallest absolute Gasteiger partial charge is 0.319 e. The number of benzene rings is 1. The molecule has 1 aliphatic rings. The Kier molecular flexibility index (Phi) is 4.58. The van der Waals surface area contributed by atoms with Crippen LogP contribution in [0.15, 0.2) is 41.2 Å². The van der Waals surface area contributed by atoms with Crippen LogP contribution >= 0.6 is 0 Å². The third-order valence-electron chi connectivity index (χ3n) is 4.84. The first-order chi connectivity index (χ1) is 13.1. The number of amides is 2. The van der Waals surface area contributed by atoms with Crippen LogP contribution in [-0.4, -0.2) is 21.2 Å². The summed E-state index contributed by atoms with van der Waals surface area (Å²) in [6.07, 6.45) is 5.84. The standard InChI is InChI=1S/C20H21N5O2/c1-3-18-24-19(25-27-18)14-4-6-15-13(10-14)5-7-16(15)22-20(26)23-17-11-21-9-8-12(17)2/h4,6,8-11,16H,3,5,7H2,1-2H3,(H2,22,23,26)/t16-/m1/s1. The fraction of sp³-hybridized carbons (Fsp3) is 0.300. The molecule has 0 saturated carbocycles. The fourth-order valence-corrected chi connectivity index (χ4v) is 3.33. The summed E-state index contributed by atoms with van der Waals surface area (Å²) in [5, 5.41) is 9.96. The molecule has 0 radical (unpaired) electrons. The summed E-state index contributed by atoms with van der Waals surface area (Å²) in [4.78, 5) is 20.8. The molecular formula is C20H21N5O2. The number of urea groups is 1. The van der Waals surface area contributed by atoms with Crippen LogP contribution in [0.4, 0.5) is 10.5 Å². The molecule has 1 aliphatic carbocycles. The Morgan fingerprint density at radius 2 is 2.22 bits per heavy atom. The number of pyridine rings is 1. The number of fused-ring (bicyclic) bond motifs is 1. The topological polar surface area (TPSA) is 92.9 Å². The van der Waals surface area contributed by atoms with Crippen LogP contribution in [0, 0.1) is 6.92 Å². The Labute approximate surface area is 157 Å². The molecule has 2 N–H and O–H groups in total. The van der Waals surface area contributed by atoms with E-state index in [1.165, 1.54) is 5.56 Å². The highest BCUT2D eigenvalue weighted by molar-refractivity contribution is 5.90. The van der Waals surface area contributed by atoms with Crippen LogP contribution in [-0.2, 0) is 12.8 Å². The SMILES string of the molecule is CCc1nc(-c2ccc3c(c2)CC[C@H]3NC(=O)Nc2cnccc2C)no1. The second kappa shape index (κ2) is 7.19. The Morgan fingerprint density at radius 3 is 3.00 bits per heavy atom. The molecule has 7 nitrogen and oxygen atoms in total. The summed E-state index contributed by atoms with van der Waals surface area (Å²) in [6, 6.07) is 7.74. The third-order valence-corrected chi connectivity index (χ3v) is 4.84. The normalized spacial score (nSPS) is 15.4. The van der Waals surface area contributed by atoms with Gasteiger partial charge in [0.1, 0.15) is 0 Å². The highest BCUT2D eigenvalue weighted by Crippen LogP contribution is 2.33. The number of anilines is 1. The number of carbonyl (C=O) groups is 1. The fourth-order valence-electron chi connectivity index (χ4n) is 3.33. The predicted molar refractivity (Wildman–Crippen MR) is 101 cm³/mol. The van der Waals surface area contributed by atoms with E-state index in [9.17, 15) is 4.79 Å². The maximum absolute atomic E-state index is 12.4. The number of hydrogen-bond acceptors (Lipinski definition) is 5. The van der Waals surface area contributed by atoms with Crippen molar-refractivity contribution in [2.24, 2.45) is 0 Å². The molecule has 0 saturated heterocycles. The Morgan fingerprint density at radius 1 is 1.33 bits per heavy atom. The molecule has 0 fully saturated rings. The summed E-state index contributed by atoms with van der Waals surface area (Å²) in [7, 11) is 0. The maximum Gasteiger partial charge on any atom is 0.319 e. The zero-order valence-corrected chi connectivity index (χ0v) is 15.3. The minimum Gasteiger partial charge on any atom is -0.339 e. The highest BCUT2D eigenvalue weighted by atomic mass is 16.5. The van der Waals surface area contributed by atoms with Gasteiger partial charge >= 0.3 is 6.03 Å². The molecule has 4 rings (SSSR count). The summed E-state index contributed by atoms with van der Waals surface area (Å²) in [6.45, 7) is 3.92. The zero-order valence-electron chi connectivity index (χ0n) is 15.3. The Bertz CT molecular complexity index is 982. The molecule has 1 aromatic carbocycles. The quantitative estimate of drug-likeness (QED) is 0.735. The van der Waals surface area contributed by atoms with E-state index in [0.29, 0.717) is 17.4 Å². The van der Waals surface area contributed by atoms with Crippen molar-refractivity contribution < 1.29 is 9.32 Å². The summed E-state index contributed by atoms with van der Waals surface area (Å²) < 4.78 is 5.20. The van der Waals surface area contributed by atoms with E-state index in [4.69, 9.17) is 4.52 Å². The largest absolute Gasteiger partial charge is 0.339 e. The van der Waals surface area contributed by atoms with Crippen LogP contribution in [0.2, 0.25) is 0 Å². The monoisotopic (exact) mass is 363 g/mol. The van der Waals surface area contributed by atoms with Crippen LogP contribution in [0.25, 0.3) is 11.4 Å². The van der Waals surface area contributed by atoms with Crippen molar-refractivity contribution in [3.8, 4) is 11.4 Å². The van der Waals surface area contributed by atoms with Crippen molar-refractivity contribution in [3.05, 3.63) is 59.2 Å². The van der Waals surface area contributed by atoms with Crippen molar-refractivity contribution >= 4 is 11.7 Å². The van der Waals surface area contributed by atoms with Crippen LogP contribution in [0.3, 0.4) is 0 Å². The van der Waals surface area contributed by atoms with Gasteiger partial charge in [-0.15, -0.1) is 0 Å². The highest BCUT2D eigenvalue weighted by Gasteiger charge is 2.25. The Hall–Kier alpha value is -3.22. The van der Waals surface area contributed by atoms with Crippen molar-refractivity contribution in [1.29, 1.82) is 0 Å². The first-order valence-electron chi connectivity index (χ1n) is 9.08. The van der Waals surface area contributed by atoms with Crippen LogP contribution in [0.1, 0.15) is 42.0 Å². The molecular weight excluding hydrogens is 342 g/mol. The molecule has 27 heavy (non-hydrogen) atoms. The van der Waals surface area contributed by atoms with E-state index in [1.54, 1.807) is 12.4 Å². The molecule has 0 unspecified atom stereocenters. The minimum atomic E-state index is -0.223. The molecule has 2 aromatic heterocycles. The molecule has 0 aliphatic heterocycles. The molecule has 1 atom stereocenters. The van der Waals surface area contributed by atoms with Gasteiger partial charge in [0.25, 0.3) is 0 Å². The average Bonchev–Trinajstić information content (AvgIpc) is 3.30. The first-order valence-corrected chi connectivity index (χ1v) is 9.08. The zero-order chi connectivity index (χ0) is 18.8. The Balaban J connectivity index is 1.47. The van der Waals surface area contributed by atoms with Crippen LogP contribution < -0.4 is 10.6 Å². The van der Waals surface area contributed by atoms with E-state index in [1.807, 2.05) is 32.0 Å². The minimum absolute atomic E-state index is 0.0116. The van der Waals surface area contributed by atoms with Gasteiger partial charge in [0.2, 0.25) is 11.7 Å². The number of nitrogens with one attached hydrogen (secondary N) is 2. The van der Waals surface area contributed by atoms with Crippen molar-refractivity contribution in [3.63, 3.8) is 0 Å². The second-order valence-corrected chi connectivity index (χ2v) is 6.66. The van der Waals surface area contributed by atoms with E-state index in [0.717, 1.165) is 36.0 Å². The summed E-state index contributed by atoms with van der Waals surface area (Å²) in [5.74, 6) is 1.24. The van der Waals surface area contributed by atoms with Crippen molar-refractivity contribution in [2.75, 3.05) is 5.32 Å². The lowest BCUT2D eigenvalue weighted by Crippen LogP contribution is -2.31. The molecule has 138 valence electrons. The molecule has 7 heteroatoms. The average molecular weight is 363 g/mol. The van der Waals surface area contributed by atoms with E-state index in [2.05, 4.69) is 31.8 Å². The number of hydrogen-bond donors (Lipinski definition) is 2. The summed E-state index contributed by atoms with van der Waals surface area (Å²) >= 11 is 0. The molecule has 2 heterocycles. The van der Waals surface area contributed by atoms with E-state index >= 15 is 0 Å². The molecule has 3 aromatic rings. The second-order valence-electron chi connectivity index (χ2n) is 6.66. The number of aryl methyl sites for hydroxylation is 3. The van der Waals surface area contributed by atoms with Crippen molar-refractivity contribution in [1.82, 2.24) is 20.4 Å². The number of nitrogens with zero attached hydrogens (tertiary/aromatic N) is 3. The number of carbonyl (C=O) groups excluding carboxylic acids is 1. The lowest BCUT2D eigenvalue weighted by atomic mass is 10.0. The lowest BCUT2D eigenvalue weighted by molar-refractivity contribution is 0.248. The maximum atomic E-state index is 12.4. The van der Waals surface area contributed by atoms with Gasteiger partial charge in [-0.3, -0.25) is 4.98 Å².